The van der Waals surface area contributed by atoms with Gasteiger partial charge in [-0.15, -0.1) is 0 Å². The third kappa shape index (κ3) is 4.71. The molecule has 1 saturated heterocycles. The number of carbonyl (C=O) groups is 1. The van der Waals surface area contributed by atoms with Gasteiger partial charge >= 0.3 is 6.18 Å². The maximum atomic E-state index is 13.2. The summed E-state index contributed by atoms with van der Waals surface area (Å²) in [5.41, 5.74) is -0.412. The van der Waals surface area contributed by atoms with Crippen molar-refractivity contribution in [2.24, 2.45) is 0 Å². The van der Waals surface area contributed by atoms with Gasteiger partial charge in [-0.05, 0) is 31.2 Å². The zero-order chi connectivity index (χ0) is 23.8. The van der Waals surface area contributed by atoms with Crippen molar-refractivity contribution in [3.63, 3.8) is 0 Å². The summed E-state index contributed by atoms with van der Waals surface area (Å²) in [6.45, 7) is 2.34. The maximum absolute atomic E-state index is 13.2. The van der Waals surface area contributed by atoms with Crippen molar-refractivity contribution in [3.8, 4) is 0 Å². The fraction of sp³-hybridized carbons (Fsp3) is 0.350. The Morgan fingerprint density at radius 2 is 1.76 bits per heavy atom. The maximum Gasteiger partial charge on any atom is 0.418 e. The Morgan fingerprint density at radius 3 is 2.45 bits per heavy atom. The van der Waals surface area contributed by atoms with Crippen molar-refractivity contribution in [1.82, 2.24) is 18.0 Å². The van der Waals surface area contributed by atoms with Crippen LogP contribution in [0.2, 0.25) is 0 Å². The molecule has 1 N–H and O–H groups in total. The number of para-hydroxylation sites is 1. The highest BCUT2D eigenvalue weighted by molar-refractivity contribution is 7.89. The fourth-order valence-corrected chi connectivity index (χ4v) is 5.88. The summed E-state index contributed by atoms with van der Waals surface area (Å²) in [5, 5.41) is 2.35. The molecule has 0 bridgehead atoms. The third-order valence-corrected chi connectivity index (χ3v) is 8.03. The van der Waals surface area contributed by atoms with Gasteiger partial charge in [0.15, 0.2) is 0 Å². The van der Waals surface area contributed by atoms with E-state index in [9.17, 15) is 26.4 Å². The van der Waals surface area contributed by atoms with Gasteiger partial charge in [-0.1, -0.05) is 18.2 Å². The standard InChI is InChI=1S/C20H20F3N5O3S2/c1-13(19(29)24-15-6-3-2-5-14(15)20(21,22)23)27-9-11-28(12-10-27)33(30,31)17-8-4-7-16-18(17)26-32-25-16/h2-8,13H,9-12H2,1H3,(H,24,29). The van der Waals surface area contributed by atoms with Crippen LogP contribution in [0.15, 0.2) is 47.4 Å². The number of halogens is 3. The fourth-order valence-electron chi connectivity index (χ4n) is 3.70. The smallest absolute Gasteiger partial charge is 0.324 e. The number of piperazine rings is 1. The molecule has 8 nitrogen and oxygen atoms in total. The molecule has 1 amide bonds. The Kier molecular flexibility index (Phi) is 6.40. The normalized spacial score (nSPS) is 17.2. The zero-order valence-electron chi connectivity index (χ0n) is 17.4. The molecule has 0 saturated carbocycles. The average molecular weight is 500 g/mol. The number of nitrogens with one attached hydrogen (secondary N) is 1. The average Bonchev–Trinajstić information content (AvgIpc) is 3.27. The molecule has 1 atom stereocenters. The largest absolute Gasteiger partial charge is 0.418 e. The summed E-state index contributed by atoms with van der Waals surface area (Å²) < 4.78 is 75.3. The van der Waals surface area contributed by atoms with Crippen molar-refractivity contribution in [2.45, 2.75) is 24.0 Å². The van der Waals surface area contributed by atoms with Crippen LogP contribution in [0.3, 0.4) is 0 Å². The van der Waals surface area contributed by atoms with Crippen LogP contribution in [0.5, 0.6) is 0 Å². The molecule has 3 aromatic rings. The van der Waals surface area contributed by atoms with Gasteiger partial charge in [-0.2, -0.15) is 26.2 Å². The van der Waals surface area contributed by atoms with E-state index in [-0.39, 0.29) is 36.8 Å². The lowest BCUT2D eigenvalue weighted by Gasteiger charge is -2.36. The van der Waals surface area contributed by atoms with Gasteiger partial charge in [0.25, 0.3) is 0 Å². The minimum Gasteiger partial charge on any atom is -0.324 e. The molecule has 1 fully saturated rings. The summed E-state index contributed by atoms with van der Waals surface area (Å²) in [6, 6.07) is 8.81. The van der Waals surface area contributed by atoms with Crippen LogP contribution in [-0.4, -0.2) is 64.5 Å². The summed E-state index contributed by atoms with van der Waals surface area (Å²) >= 11 is 0.934. The van der Waals surface area contributed by atoms with E-state index in [1.54, 1.807) is 24.0 Å². The van der Waals surface area contributed by atoms with Crippen LogP contribution in [0.1, 0.15) is 12.5 Å². The molecule has 0 aliphatic carbocycles. The molecule has 1 aliphatic rings. The van der Waals surface area contributed by atoms with Gasteiger partial charge in [0, 0.05) is 26.2 Å². The molecule has 0 spiro atoms. The molecule has 13 heteroatoms. The predicted octanol–water partition coefficient (Wildman–Crippen LogP) is 3.04. The summed E-state index contributed by atoms with van der Waals surface area (Å²) in [4.78, 5) is 14.5. The second kappa shape index (κ2) is 8.97. The minimum absolute atomic E-state index is 0.0803. The Balaban J connectivity index is 1.43. The number of hydrogen-bond acceptors (Lipinski definition) is 7. The van der Waals surface area contributed by atoms with Gasteiger partial charge in [0.2, 0.25) is 15.9 Å². The predicted molar refractivity (Wildman–Crippen MR) is 117 cm³/mol. The number of carbonyl (C=O) groups excluding carboxylic acids is 1. The van der Waals surface area contributed by atoms with Crippen molar-refractivity contribution in [1.29, 1.82) is 0 Å². The molecule has 1 aromatic heterocycles. The molecule has 1 unspecified atom stereocenters. The Bertz CT molecular complexity index is 1270. The lowest BCUT2D eigenvalue weighted by molar-refractivity contribution is -0.137. The molecule has 4 rings (SSSR count). The number of sulfonamides is 1. The van der Waals surface area contributed by atoms with E-state index in [1.807, 2.05) is 0 Å². The molecule has 1 aliphatic heterocycles. The van der Waals surface area contributed by atoms with Gasteiger partial charge in [-0.25, -0.2) is 8.42 Å². The van der Waals surface area contributed by atoms with Gasteiger partial charge in [-0.3, -0.25) is 9.69 Å². The second-order valence-electron chi connectivity index (χ2n) is 7.54. The Hall–Kier alpha value is -2.61. The van der Waals surface area contributed by atoms with Crippen LogP contribution in [-0.2, 0) is 21.0 Å². The van der Waals surface area contributed by atoms with E-state index in [0.29, 0.717) is 11.0 Å². The lowest BCUT2D eigenvalue weighted by Crippen LogP contribution is -2.54. The topological polar surface area (TPSA) is 95.5 Å². The van der Waals surface area contributed by atoms with E-state index in [0.717, 1.165) is 17.8 Å². The molecule has 0 radical (unpaired) electrons. The number of aromatic nitrogens is 2. The number of anilines is 1. The Morgan fingerprint density at radius 1 is 1.06 bits per heavy atom. The minimum atomic E-state index is -4.59. The monoisotopic (exact) mass is 499 g/mol. The highest BCUT2D eigenvalue weighted by Crippen LogP contribution is 2.34. The van der Waals surface area contributed by atoms with Gasteiger partial charge < -0.3 is 5.32 Å². The highest BCUT2D eigenvalue weighted by atomic mass is 32.2. The van der Waals surface area contributed by atoms with Crippen molar-refractivity contribution < 1.29 is 26.4 Å². The SMILES string of the molecule is CC(C(=O)Nc1ccccc1C(F)(F)F)N1CCN(S(=O)(=O)c2cccc3nsnc23)CC1. The first kappa shape index (κ1) is 23.5. The molecule has 33 heavy (non-hydrogen) atoms. The van der Waals surface area contributed by atoms with Crippen LogP contribution in [0.4, 0.5) is 18.9 Å². The molecular formula is C20H20F3N5O3S2. The molecule has 2 heterocycles. The quantitative estimate of drug-likeness (QED) is 0.580. The first-order chi connectivity index (χ1) is 15.6. The van der Waals surface area contributed by atoms with Crippen LogP contribution < -0.4 is 5.32 Å². The number of alkyl halides is 3. The van der Waals surface area contributed by atoms with E-state index in [1.165, 1.54) is 28.6 Å². The third-order valence-electron chi connectivity index (χ3n) is 5.56. The van der Waals surface area contributed by atoms with E-state index < -0.39 is 33.7 Å². The van der Waals surface area contributed by atoms with Crippen LogP contribution >= 0.6 is 11.7 Å². The van der Waals surface area contributed by atoms with Gasteiger partial charge in [0.05, 0.1) is 29.0 Å². The lowest BCUT2D eigenvalue weighted by atomic mass is 10.1. The number of hydrogen-bond donors (Lipinski definition) is 1. The van der Waals surface area contributed by atoms with E-state index >= 15 is 0 Å². The van der Waals surface area contributed by atoms with Crippen molar-refractivity contribution in [3.05, 3.63) is 48.0 Å². The van der Waals surface area contributed by atoms with E-state index in [4.69, 9.17) is 0 Å². The van der Waals surface area contributed by atoms with Crippen molar-refractivity contribution in [2.75, 3.05) is 31.5 Å². The van der Waals surface area contributed by atoms with Gasteiger partial charge in [0.1, 0.15) is 15.9 Å². The van der Waals surface area contributed by atoms with Crippen LogP contribution in [0, 0.1) is 0 Å². The first-order valence-electron chi connectivity index (χ1n) is 10.0. The summed E-state index contributed by atoms with van der Waals surface area (Å²) in [5.74, 6) is -0.596. The number of fused-ring (bicyclic) bond motifs is 1. The number of rotatable bonds is 5. The summed E-state index contributed by atoms with van der Waals surface area (Å²) in [6.07, 6.45) is -4.59. The molecule has 176 valence electrons. The second-order valence-corrected chi connectivity index (χ2v) is 9.97. The van der Waals surface area contributed by atoms with Crippen LogP contribution in [0.25, 0.3) is 11.0 Å². The summed E-state index contributed by atoms with van der Waals surface area (Å²) in [7, 11) is -3.81. The zero-order valence-corrected chi connectivity index (χ0v) is 19.0. The number of nitrogens with zero attached hydrogens (tertiary/aromatic N) is 4. The Labute approximate surface area is 192 Å². The highest BCUT2D eigenvalue weighted by Gasteiger charge is 2.36. The van der Waals surface area contributed by atoms with Crippen molar-refractivity contribution >= 4 is 44.4 Å². The number of benzene rings is 2. The van der Waals surface area contributed by atoms with E-state index in [2.05, 4.69) is 14.1 Å². The number of amides is 1. The molecular weight excluding hydrogens is 479 g/mol. The molecule has 2 aromatic carbocycles. The first-order valence-corrected chi connectivity index (χ1v) is 12.2.